The lowest BCUT2D eigenvalue weighted by molar-refractivity contribution is 0.0727. The molecular weight excluding hydrogens is 329 g/mol. The number of nitrogens with zero attached hydrogens (tertiary/aromatic N) is 2. The highest BCUT2D eigenvalue weighted by molar-refractivity contribution is 5.98. The lowest BCUT2D eigenvalue weighted by Crippen LogP contribution is -2.32. The van der Waals surface area contributed by atoms with Crippen LogP contribution in [0.4, 0.5) is 10.1 Å². The van der Waals surface area contributed by atoms with Crippen LogP contribution in [-0.4, -0.2) is 15.8 Å². The summed E-state index contributed by atoms with van der Waals surface area (Å²) in [6, 6.07) is 18.0. The van der Waals surface area contributed by atoms with Crippen molar-refractivity contribution in [3.63, 3.8) is 0 Å². The van der Waals surface area contributed by atoms with Crippen molar-refractivity contribution in [2.24, 2.45) is 0 Å². The van der Waals surface area contributed by atoms with Crippen LogP contribution in [0.5, 0.6) is 0 Å². The van der Waals surface area contributed by atoms with E-state index in [0.717, 1.165) is 16.8 Å². The molecule has 1 N–H and O–H groups in total. The van der Waals surface area contributed by atoms with Crippen molar-refractivity contribution < 1.29 is 9.18 Å². The second kappa shape index (κ2) is 6.59. The van der Waals surface area contributed by atoms with E-state index >= 15 is 0 Å². The maximum Gasteiger partial charge on any atom is 0.258 e. The van der Waals surface area contributed by atoms with Gasteiger partial charge in [-0.25, -0.2) is 4.39 Å². The second-order valence-corrected chi connectivity index (χ2v) is 6.36. The van der Waals surface area contributed by atoms with Gasteiger partial charge in [0.25, 0.3) is 5.91 Å². The van der Waals surface area contributed by atoms with Crippen molar-refractivity contribution in [1.29, 1.82) is 0 Å². The Kier molecular flexibility index (Phi) is 4.13. The lowest BCUT2D eigenvalue weighted by atomic mass is 10.1. The molecule has 4 nitrogen and oxygen atoms in total. The topological polar surface area (TPSA) is 45.2 Å². The van der Waals surface area contributed by atoms with E-state index in [1.54, 1.807) is 29.3 Å². The number of rotatable bonds is 4. The highest BCUT2D eigenvalue weighted by Crippen LogP contribution is 2.34. The molecule has 2 heterocycles. The second-order valence-electron chi connectivity index (χ2n) is 6.36. The molecule has 0 bridgehead atoms. The molecular formula is C21H18FN3O. The third-order valence-corrected chi connectivity index (χ3v) is 4.58. The van der Waals surface area contributed by atoms with Crippen LogP contribution in [0, 0.1) is 12.7 Å². The fourth-order valence-corrected chi connectivity index (χ4v) is 3.26. The fourth-order valence-electron chi connectivity index (χ4n) is 3.26. The number of hydrogen-bond donors (Lipinski definition) is 1. The van der Waals surface area contributed by atoms with Gasteiger partial charge in [0, 0.05) is 18.4 Å². The number of fused-ring (bicyclic) bond motifs is 1. The van der Waals surface area contributed by atoms with Gasteiger partial charge in [-0.15, -0.1) is 0 Å². The Morgan fingerprint density at radius 1 is 1.12 bits per heavy atom. The molecule has 0 saturated heterocycles. The number of aromatic nitrogens is 1. The average Bonchev–Trinajstić information content (AvgIpc) is 2.91. The molecule has 2 aromatic carbocycles. The molecule has 1 aliphatic rings. The van der Waals surface area contributed by atoms with Crippen LogP contribution in [0.15, 0.2) is 66.9 Å². The summed E-state index contributed by atoms with van der Waals surface area (Å²) < 4.78 is 13.4. The fraction of sp³-hybridized carbons (Fsp3) is 0.143. The molecule has 0 aliphatic carbocycles. The highest BCUT2D eigenvalue weighted by atomic mass is 19.1. The van der Waals surface area contributed by atoms with Gasteiger partial charge in [0.05, 0.1) is 11.3 Å². The minimum Gasteiger partial charge on any atom is -0.360 e. The van der Waals surface area contributed by atoms with Gasteiger partial charge in [0.1, 0.15) is 12.0 Å². The number of amides is 1. The van der Waals surface area contributed by atoms with Crippen molar-refractivity contribution in [2.75, 3.05) is 5.32 Å². The summed E-state index contributed by atoms with van der Waals surface area (Å²) in [5, 5.41) is 3.37. The number of carbonyl (C=O) groups is 1. The van der Waals surface area contributed by atoms with Gasteiger partial charge in [-0.05, 0) is 48.4 Å². The van der Waals surface area contributed by atoms with Gasteiger partial charge in [0.15, 0.2) is 0 Å². The Morgan fingerprint density at radius 2 is 1.92 bits per heavy atom. The van der Waals surface area contributed by atoms with E-state index in [4.69, 9.17) is 0 Å². The van der Waals surface area contributed by atoms with E-state index in [2.05, 4.69) is 10.3 Å². The molecule has 0 saturated carbocycles. The minimum atomic E-state index is -0.400. The maximum absolute atomic E-state index is 13.4. The number of pyridine rings is 1. The Hall–Kier alpha value is -3.21. The monoisotopic (exact) mass is 347 g/mol. The molecule has 1 atom stereocenters. The van der Waals surface area contributed by atoms with Gasteiger partial charge >= 0.3 is 0 Å². The maximum atomic E-state index is 13.4. The molecule has 1 amide bonds. The van der Waals surface area contributed by atoms with Crippen LogP contribution in [-0.2, 0) is 6.54 Å². The third kappa shape index (κ3) is 2.92. The van der Waals surface area contributed by atoms with Crippen LogP contribution in [0.1, 0.15) is 33.3 Å². The largest absolute Gasteiger partial charge is 0.360 e. The van der Waals surface area contributed by atoms with E-state index in [1.165, 1.54) is 12.1 Å². The Morgan fingerprint density at radius 3 is 2.69 bits per heavy atom. The van der Waals surface area contributed by atoms with Gasteiger partial charge in [-0.2, -0.15) is 0 Å². The summed E-state index contributed by atoms with van der Waals surface area (Å²) in [5.41, 5.74) is 3.89. The predicted octanol–water partition coefficient (Wildman–Crippen LogP) is 4.30. The number of carbonyl (C=O) groups excluding carboxylic acids is 1. The first kappa shape index (κ1) is 16.3. The summed E-state index contributed by atoms with van der Waals surface area (Å²) in [7, 11) is 0. The van der Waals surface area contributed by atoms with E-state index < -0.39 is 6.17 Å². The number of halogens is 1. The molecule has 1 aliphatic heterocycles. The van der Waals surface area contributed by atoms with Crippen LogP contribution in [0.25, 0.3) is 0 Å². The van der Waals surface area contributed by atoms with Crippen LogP contribution < -0.4 is 5.32 Å². The summed E-state index contributed by atoms with van der Waals surface area (Å²) >= 11 is 0. The molecule has 3 aromatic rings. The molecule has 0 unspecified atom stereocenters. The molecule has 0 fully saturated rings. The first-order chi connectivity index (χ1) is 12.6. The number of aryl methyl sites for hydroxylation is 1. The zero-order chi connectivity index (χ0) is 18.1. The third-order valence-electron chi connectivity index (χ3n) is 4.58. The van der Waals surface area contributed by atoms with Crippen molar-refractivity contribution in [3.8, 4) is 0 Å². The number of hydrogen-bond acceptors (Lipinski definition) is 3. The summed E-state index contributed by atoms with van der Waals surface area (Å²) in [4.78, 5) is 19.1. The van der Waals surface area contributed by atoms with Crippen molar-refractivity contribution in [1.82, 2.24) is 9.88 Å². The highest BCUT2D eigenvalue weighted by Gasteiger charge is 2.38. The summed E-state index contributed by atoms with van der Waals surface area (Å²) in [5.74, 6) is -0.343. The summed E-state index contributed by atoms with van der Waals surface area (Å²) in [6.45, 7) is 2.30. The Balaban J connectivity index is 1.71. The zero-order valence-electron chi connectivity index (χ0n) is 14.3. The standard InChI is InChI=1S/C21H18FN3O/c1-14-12-16(22)9-10-18(14)24-20-19-17(8-5-11-23-19)21(26)25(20)13-15-6-3-2-4-7-15/h2-12,20,24H,13H2,1H3/t20-/m1/s1. The Labute approximate surface area is 151 Å². The average molecular weight is 347 g/mol. The van der Waals surface area contributed by atoms with Crippen LogP contribution in [0.3, 0.4) is 0 Å². The predicted molar refractivity (Wildman–Crippen MR) is 98.1 cm³/mol. The molecule has 5 heteroatoms. The number of benzene rings is 2. The van der Waals surface area contributed by atoms with E-state index in [1.807, 2.05) is 37.3 Å². The van der Waals surface area contributed by atoms with Gasteiger partial charge < -0.3 is 10.2 Å². The molecule has 26 heavy (non-hydrogen) atoms. The zero-order valence-corrected chi connectivity index (χ0v) is 14.3. The first-order valence-corrected chi connectivity index (χ1v) is 8.46. The van der Waals surface area contributed by atoms with Gasteiger partial charge in [0.2, 0.25) is 0 Å². The van der Waals surface area contributed by atoms with Crippen molar-refractivity contribution in [2.45, 2.75) is 19.6 Å². The van der Waals surface area contributed by atoms with E-state index in [9.17, 15) is 9.18 Å². The molecule has 0 spiro atoms. The quantitative estimate of drug-likeness (QED) is 0.765. The van der Waals surface area contributed by atoms with Crippen molar-refractivity contribution in [3.05, 3.63) is 95.1 Å². The molecule has 130 valence electrons. The minimum absolute atomic E-state index is 0.0609. The van der Waals surface area contributed by atoms with Crippen LogP contribution in [0.2, 0.25) is 0 Å². The summed E-state index contributed by atoms with van der Waals surface area (Å²) in [6.07, 6.45) is 1.28. The first-order valence-electron chi connectivity index (χ1n) is 8.46. The molecule has 0 radical (unpaired) electrons. The number of nitrogens with one attached hydrogen (secondary N) is 1. The van der Waals surface area contributed by atoms with E-state index in [0.29, 0.717) is 17.8 Å². The van der Waals surface area contributed by atoms with E-state index in [-0.39, 0.29) is 11.7 Å². The SMILES string of the molecule is Cc1cc(F)ccc1N[C@H]1c2ncccc2C(=O)N1Cc1ccccc1. The number of anilines is 1. The van der Waals surface area contributed by atoms with Gasteiger partial charge in [-0.1, -0.05) is 30.3 Å². The van der Waals surface area contributed by atoms with Gasteiger partial charge in [-0.3, -0.25) is 9.78 Å². The van der Waals surface area contributed by atoms with Crippen molar-refractivity contribution >= 4 is 11.6 Å². The van der Waals surface area contributed by atoms with Crippen LogP contribution >= 0.6 is 0 Å². The normalized spacial score (nSPS) is 15.8. The Bertz CT molecular complexity index is 958. The molecule has 1 aromatic heterocycles. The smallest absolute Gasteiger partial charge is 0.258 e. The lowest BCUT2D eigenvalue weighted by Gasteiger charge is -2.27. The molecule has 4 rings (SSSR count).